The van der Waals surface area contributed by atoms with Gasteiger partial charge in [0.25, 0.3) is 0 Å². The highest BCUT2D eigenvalue weighted by Crippen LogP contribution is 2.23. The van der Waals surface area contributed by atoms with Crippen LogP contribution in [0.15, 0.2) is 42.5 Å². The van der Waals surface area contributed by atoms with Gasteiger partial charge in [-0.3, -0.25) is 4.79 Å². The van der Waals surface area contributed by atoms with E-state index < -0.39 is 0 Å². The molecule has 0 spiro atoms. The number of hydrogen-bond acceptors (Lipinski definition) is 5. The highest BCUT2D eigenvalue weighted by Gasteiger charge is 2.05. The van der Waals surface area contributed by atoms with E-state index in [0.717, 1.165) is 12.0 Å². The van der Waals surface area contributed by atoms with E-state index in [4.69, 9.17) is 18.9 Å². The zero-order chi connectivity index (χ0) is 15.8. The van der Waals surface area contributed by atoms with Crippen LogP contribution < -0.4 is 18.9 Å². The smallest absolute Gasteiger partial charge is 0.153 e. The highest BCUT2D eigenvalue weighted by atomic mass is 16.5. The summed E-state index contributed by atoms with van der Waals surface area (Å²) in [5, 5.41) is 0. The minimum Gasteiger partial charge on any atom is -0.497 e. The van der Waals surface area contributed by atoms with Gasteiger partial charge in [-0.1, -0.05) is 6.07 Å². The van der Waals surface area contributed by atoms with Gasteiger partial charge in [-0.2, -0.15) is 0 Å². The molecule has 0 aromatic heterocycles. The third kappa shape index (κ3) is 4.15. The quantitative estimate of drug-likeness (QED) is 0.554. The van der Waals surface area contributed by atoms with Crippen molar-refractivity contribution in [1.29, 1.82) is 0 Å². The molecule has 0 heterocycles. The third-order valence-electron chi connectivity index (χ3n) is 3.00. The number of hydrogen-bond donors (Lipinski definition) is 0. The molecule has 0 amide bonds. The first-order valence-electron chi connectivity index (χ1n) is 6.79. The number of rotatable bonds is 8. The van der Waals surface area contributed by atoms with Crippen LogP contribution in [0.25, 0.3) is 0 Å². The minimum absolute atomic E-state index is 0.311. The number of carbonyl (C=O) groups excluding carboxylic acids is 1. The zero-order valence-corrected chi connectivity index (χ0v) is 12.6. The van der Waals surface area contributed by atoms with Crippen LogP contribution in [0.2, 0.25) is 0 Å². The van der Waals surface area contributed by atoms with Crippen LogP contribution in [-0.2, 0) is 0 Å². The summed E-state index contributed by atoms with van der Waals surface area (Å²) >= 11 is 0. The van der Waals surface area contributed by atoms with Crippen molar-refractivity contribution in [2.24, 2.45) is 0 Å². The standard InChI is InChI=1S/C17H18O5/c1-19-14-4-3-5-16(10-14)21-8-9-22-17-11-15(20-2)7-6-13(17)12-18/h3-7,10-12H,8-9H2,1-2H3. The van der Waals surface area contributed by atoms with Crippen LogP contribution >= 0.6 is 0 Å². The van der Waals surface area contributed by atoms with Gasteiger partial charge in [0.2, 0.25) is 0 Å². The Morgan fingerprint density at radius 2 is 1.55 bits per heavy atom. The van der Waals surface area contributed by atoms with E-state index in [1.54, 1.807) is 38.5 Å². The van der Waals surface area contributed by atoms with Crippen molar-refractivity contribution in [2.45, 2.75) is 0 Å². The summed E-state index contributed by atoms with van der Waals surface area (Å²) in [6.45, 7) is 0.661. The summed E-state index contributed by atoms with van der Waals surface area (Å²) in [5.74, 6) is 2.54. The molecule has 22 heavy (non-hydrogen) atoms. The molecule has 0 N–H and O–H groups in total. The Kier molecular flexibility index (Phi) is 5.65. The van der Waals surface area contributed by atoms with Crippen molar-refractivity contribution in [1.82, 2.24) is 0 Å². The third-order valence-corrected chi connectivity index (χ3v) is 3.00. The maximum atomic E-state index is 11.0. The van der Waals surface area contributed by atoms with E-state index in [-0.39, 0.29) is 0 Å². The number of methoxy groups -OCH3 is 2. The van der Waals surface area contributed by atoms with E-state index >= 15 is 0 Å². The summed E-state index contributed by atoms with van der Waals surface area (Å²) in [4.78, 5) is 11.0. The first-order chi connectivity index (χ1) is 10.8. The highest BCUT2D eigenvalue weighted by molar-refractivity contribution is 5.79. The van der Waals surface area contributed by atoms with E-state index in [2.05, 4.69) is 0 Å². The molecule has 0 saturated carbocycles. The lowest BCUT2D eigenvalue weighted by Crippen LogP contribution is -2.10. The molecule has 5 heteroatoms. The summed E-state index contributed by atoms with van der Waals surface area (Å²) in [5.41, 5.74) is 0.474. The molecular weight excluding hydrogens is 284 g/mol. The topological polar surface area (TPSA) is 54.0 Å². The second-order valence-electron chi connectivity index (χ2n) is 4.40. The van der Waals surface area contributed by atoms with Crippen LogP contribution in [0.4, 0.5) is 0 Å². The molecular formula is C17H18O5. The van der Waals surface area contributed by atoms with Crippen molar-refractivity contribution in [3.05, 3.63) is 48.0 Å². The molecule has 0 aliphatic carbocycles. The zero-order valence-electron chi connectivity index (χ0n) is 12.6. The maximum Gasteiger partial charge on any atom is 0.153 e. The molecule has 0 fully saturated rings. The van der Waals surface area contributed by atoms with Gasteiger partial charge in [0, 0.05) is 12.1 Å². The van der Waals surface area contributed by atoms with Crippen LogP contribution in [0.3, 0.4) is 0 Å². The maximum absolute atomic E-state index is 11.0. The van der Waals surface area contributed by atoms with Gasteiger partial charge in [0.15, 0.2) is 6.29 Å². The number of aldehydes is 1. The SMILES string of the molecule is COc1cccc(OCCOc2cc(OC)ccc2C=O)c1. The molecule has 0 unspecified atom stereocenters. The fraction of sp³-hybridized carbons (Fsp3) is 0.235. The molecule has 2 aromatic rings. The average Bonchev–Trinajstić information content (AvgIpc) is 2.58. The molecule has 116 valence electrons. The van der Waals surface area contributed by atoms with Crippen LogP contribution in [0, 0.1) is 0 Å². The summed E-state index contributed by atoms with van der Waals surface area (Å²) < 4.78 is 21.4. The molecule has 0 radical (unpaired) electrons. The van der Waals surface area contributed by atoms with Gasteiger partial charge in [-0.15, -0.1) is 0 Å². The van der Waals surface area contributed by atoms with Gasteiger partial charge >= 0.3 is 0 Å². The summed E-state index contributed by atoms with van der Waals surface area (Å²) in [7, 11) is 3.16. The molecule has 2 rings (SSSR count). The van der Waals surface area contributed by atoms with Crippen LogP contribution in [0.5, 0.6) is 23.0 Å². The molecule has 0 aliphatic rings. The van der Waals surface area contributed by atoms with Crippen molar-refractivity contribution < 1.29 is 23.7 Å². The molecule has 0 saturated heterocycles. The Bertz CT molecular complexity index is 624. The predicted molar refractivity (Wildman–Crippen MR) is 82.4 cm³/mol. The second kappa shape index (κ2) is 7.93. The lowest BCUT2D eigenvalue weighted by atomic mass is 10.2. The minimum atomic E-state index is 0.311. The van der Waals surface area contributed by atoms with Gasteiger partial charge in [0.1, 0.15) is 36.2 Å². The van der Waals surface area contributed by atoms with Crippen molar-refractivity contribution in [3.63, 3.8) is 0 Å². The summed E-state index contributed by atoms with van der Waals surface area (Å²) in [6.07, 6.45) is 0.748. The largest absolute Gasteiger partial charge is 0.497 e. The van der Waals surface area contributed by atoms with Gasteiger partial charge in [0.05, 0.1) is 19.8 Å². The van der Waals surface area contributed by atoms with Gasteiger partial charge in [-0.25, -0.2) is 0 Å². The number of ether oxygens (including phenoxy) is 4. The average molecular weight is 302 g/mol. The Hall–Kier alpha value is -2.69. The first-order valence-corrected chi connectivity index (χ1v) is 6.79. The lowest BCUT2D eigenvalue weighted by Gasteiger charge is -2.11. The molecule has 0 bridgehead atoms. The van der Waals surface area contributed by atoms with Gasteiger partial charge in [-0.05, 0) is 24.3 Å². The van der Waals surface area contributed by atoms with Crippen molar-refractivity contribution >= 4 is 6.29 Å². The lowest BCUT2D eigenvalue weighted by molar-refractivity contribution is 0.111. The summed E-state index contributed by atoms with van der Waals surface area (Å²) in [6, 6.07) is 12.4. The Morgan fingerprint density at radius 3 is 2.27 bits per heavy atom. The van der Waals surface area contributed by atoms with Crippen LogP contribution in [-0.4, -0.2) is 33.7 Å². The van der Waals surface area contributed by atoms with Crippen LogP contribution in [0.1, 0.15) is 10.4 Å². The fourth-order valence-corrected chi connectivity index (χ4v) is 1.87. The Balaban J connectivity index is 1.89. The van der Waals surface area contributed by atoms with E-state index in [9.17, 15) is 4.79 Å². The van der Waals surface area contributed by atoms with E-state index in [0.29, 0.717) is 36.0 Å². The van der Waals surface area contributed by atoms with Gasteiger partial charge < -0.3 is 18.9 Å². The fourth-order valence-electron chi connectivity index (χ4n) is 1.87. The van der Waals surface area contributed by atoms with Crippen molar-refractivity contribution in [3.8, 4) is 23.0 Å². The Morgan fingerprint density at radius 1 is 0.864 bits per heavy atom. The number of carbonyl (C=O) groups is 1. The predicted octanol–water partition coefficient (Wildman–Crippen LogP) is 2.97. The second-order valence-corrected chi connectivity index (χ2v) is 4.40. The molecule has 0 aliphatic heterocycles. The molecule has 2 aromatic carbocycles. The van der Waals surface area contributed by atoms with E-state index in [1.807, 2.05) is 18.2 Å². The van der Waals surface area contributed by atoms with Crippen molar-refractivity contribution in [2.75, 3.05) is 27.4 Å². The first kappa shape index (κ1) is 15.7. The normalized spacial score (nSPS) is 9.91. The monoisotopic (exact) mass is 302 g/mol. The van der Waals surface area contributed by atoms with E-state index in [1.165, 1.54) is 0 Å². The Labute approximate surface area is 129 Å². The number of benzene rings is 2. The molecule has 0 atom stereocenters. The molecule has 5 nitrogen and oxygen atoms in total.